The van der Waals surface area contributed by atoms with Gasteiger partial charge in [0.1, 0.15) is 0 Å². The average molecular weight is 347 g/mol. The van der Waals surface area contributed by atoms with Crippen molar-refractivity contribution in [3.05, 3.63) is 29.8 Å². The van der Waals surface area contributed by atoms with E-state index in [1.165, 1.54) is 0 Å². The lowest BCUT2D eigenvalue weighted by Gasteiger charge is -2.38. The van der Waals surface area contributed by atoms with E-state index in [0.717, 1.165) is 24.8 Å². The molecule has 25 heavy (non-hydrogen) atoms. The van der Waals surface area contributed by atoms with Crippen molar-refractivity contribution in [3.8, 4) is 11.5 Å². The van der Waals surface area contributed by atoms with Crippen LogP contribution in [-0.4, -0.2) is 51.6 Å². The third-order valence-electron chi connectivity index (χ3n) is 4.66. The Morgan fingerprint density at radius 2 is 1.88 bits per heavy atom. The van der Waals surface area contributed by atoms with Gasteiger partial charge >= 0.3 is 0 Å². The minimum atomic E-state index is -0.102. The lowest BCUT2D eigenvalue weighted by Crippen LogP contribution is -2.49. The highest BCUT2D eigenvalue weighted by Crippen LogP contribution is 2.28. The van der Waals surface area contributed by atoms with Gasteiger partial charge < -0.3 is 24.3 Å². The number of nitrogens with one attached hydrogen (secondary N) is 1. The summed E-state index contributed by atoms with van der Waals surface area (Å²) in [6.07, 6.45) is 6.25. The Balaban J connectivity index is 1.54. The topological polar surface area (TPSA) is 66.0 Å². The second-order valence-corrected chi connectivity index (χ2v) is 6.28. The summed E-state index contributed by atoms with van der Waals surface area (Å²) in [5.74, 6) is 1.20. The van der Waals surface area contributed by atoms with Crippen LogP contribution in [0.1, 0.15) is 24.8 Å². The zero-order chi connectivity index (χ0) is 17.6. The van der Waals surface area contributed by atoms with Crippen molar-refractivity contribution in [3.63, 3.8) is 0 Å². The molecule has 3 atom stereocenters. The van der Waals surface area contributed by atoms with E-state index >= 15 is 0 Å². The monoisotopic (exact) mass is 347 g/mol. The molecule has 136 valence electrons. The first-order chi connectivity index (χ1) is 12.2. The van der Waals surface area contributed by atoms with Gasteiger partial charge in [0.25, 0.3) is 0 Å². The van der Waals surface area contributed by atoms with Crippen LogP contribution in [0.15, 0.2) is 24.3 Å². The first-order valence-corrected chi connectivity index (χ1v) is 8.63. The van der Waals surface area contributed by atoms with Gasteiger partial charge in [-0.25, -0.2) is 0 Å². The van der Waals surface area contributed by atoms with Crippen molar-refractivity contribution < 1.29 is 23.7 Å². The Morgan fingerprint density at radius 3 is 2.64 bits per heavy atom. The fraction of sp³-hybridized carbons (Fsp3) is 0.526. The summed E-state index contributed by atoms with van der Waals surface area (Å²) in [5.41, 5.74) is 0.875. The molecule has 3 rings (SSSR count). The van der Waals surface area contributed by atoms with Crippen LogP contribution in [0.2, 0.25) is 0 Å². The maximum atomic E-state index is 12.2. The molecular formula is C19H25NO5. The highest BCUT2D eigenvalue weighted by atomic mass is 16.6. The van der Waals surface area contributed by atoms with E-state index in [0.29, 0.717) is 24.7 Å². The third-order valence-corrected chi connectivity index (χ3v) is 4.66. The fourth-order valence-corrected chi connectivity index (χ4v) is 3.38. The van der Waals surface area contributed by atoms with Crippen LogP contribution in [0.3, 0.4) is 0 Å². The zero-order valence-electron chi connectivity index (χ0n) is 14.7. The maximum Gasteiger partial charge on any atom is 0.244 e. The molecule has 1 heterocycles. The predicted molar refractivity (Wildman–Crippen MR) is 93.8 cm³/mol. The van der Waals surface area contributed by atoms with Crippen LogP contribution in [0.4, 0.5) is 0 Å². The third kappa shape index (κ3) is 4.52. The molecule has 1 N–H and O–H groups in total. The van der Waals surface area contributed by atoms with E-state index in [9.17, 15) is 4.79 Å². The standard InChI is InChI=1S/C19H25NO5/c1-22-15-6-3-13(11-17(15)23-2)4-8-19(21)20-14-5-7-16-18(12-14)25-10-9-24-16/h3-4,6,8,11,14,16,18H,5,7,9-10,12H2,1-2H3,(H,20,21)/b8-4+. The first-order valence-electron chi connectivity index (χ1n) is 8.63. The van der Waals surface area contributed by atoms with Gasteiger partial charge in [-0.3, -0.25) is 4.79 Å². The van der Waals surface area contributed by atoms with Gasteiger partial charge in [0.15, 0.2) is 11.5 Å². The highest BCUT2D eigenvalue weighted by molar-refractivity contribution is 5.92. The molecule has 1 aliphatic heterocycles. The molecule has 6 heteroatoms. The number of hydrogen-bond acceptors (Lipinski definition) is 5. The summed E-state index contributed by atoms with van der Waals surface area (Å²) >= 11 is 0. The van der Waals surface area contributed by atoms with Crippen molar-refractivity contribution in [2.45, 2.75) is 37.5 Å². The maximum absolute atomic E-state index is 12.2. The summed E-state index contributed by atoms with van der Waals surface area (Å²) in [6.45, 7) is 1.31. The summed E-state index contributed by atoms with van der Waals surface area (Å²) in [7, 11) is 3.18. The molecular weight excluding hydrogens is 322 g/mol. The largest absolute Gasteiger partial charge is 0.493 e. The second kappa shape index (κ2) is 8.36. The molecule has 1 amide bonds. The van der Waals surface area contributed by atoms with Gasteiger partial charge in [0.2, 0.25) is 5.91 Å². The van der Waals surface area contributed by atoms with E-state index in [-0.39, 0.29) is 24.2 Å². The van der Waals surface area contributed by atoms with Crippen LogP contribution >= 0.6 is 0 Å². The van der Waals surface area contributed by atoms with Gasteiger partial charge in [-0.2, -0.15) is 0 Å². The Bertz CT molecular complexity index is 630. The Labute approximate surface area is 148 Å². The van der Waals surface area contributed by atoms with Crippen molar-refractivity contribution in [2.75, 3.05) is 27.4 Å². The molecule has 1 saturated carbocycles. The molecule has 2 aliphatic rings. The van der Waals surface area contributed by atoms with E-state index in [1.54, 1.807) is 26.4 Å². The SMILES string of the molecule is COc1ccc(/C=C/C(=O)NC2CCC3OCCOC3C2)cc1OC. The Hall–Kier alpha value is -2.05. The Morgan fingerprint density at radius 1 is 1.12 bits per heavy atom. The van der Waals surface area contributed by atoms with Gasteiger partial charge in [0, 0.05) is 12.1 Å². The van der Waals surface area contributed by atoms with Crippen molar-refractivity contribution in [1.29, 1.82) is 0 Å². The molecule has 2 fully saturated rings. The molecule has 1 aliphatic carbocycles. The van der Waals surface area contributed by atoms with Crippen LogP contribution < -0.4 is 14.8 Å². The first kappa shape index (κ1) is 17.8. The number of rotatable bonds is 5. The average Bonchev–Trinajstić information content (AvgIpc) is 2.66. The summed E-state index contributed by atoms with van der Waals surface area (Å²) < 4.78 is 21.9. The molecule has 3 unspecified atom stereocenters. The highest BCUT2D eigenvalue weighted by Gasteiger charge is 2.34. The number of carbonyl (C=O) groups excluding carboxylic acids is 1. The van der Waals surface area contributed by atoms with Gasteiger partial charge in [-0.1, -0.05) is 6.07 Å². The van der Waals surface area contributed by atoms with Gasteiger partial charge in [-0.15, -0.1) is 0 Å². The van der Waals surface area contributed by atoms with Crippen LogP contribution in [-0.2, 0) is 14.3 Å². The minimum Gasteiger partial charge on any atom is -0.493 e. The molecule has 1 aromatic rings. The normalized spacial score (nSPS) is 26.1. The zero-order valence-corrected chi connectivity index (χ0v) is 14.7. The van der Waals surface area contributed by atoms with Crippen LogP contribution in [0.5, 0.6) is 11.5 Å². The minimum absolute atomic E-state index is 0.0997. The molecule has 1 saturated heterocycles. The number of amides is 1. The number of hydrogen-bond donors (Lipinski definition) is 1. The number of carbonyl (C=O) groups is 1. The van der Waals surface area contributed by atoms with E-state index in [4.69, 9.17) is 18.9 Å². The molecule has 0 aromatic heterocycles. The second-order valence-electron chi connectivity index (χ2n) is 6.28. The van der Waals surface area contributed by atoms with Crippen LogP contribution in [0, 0.1) is 0 Å². The van der Waals surface area contributed by atoms with Crippen molar-refractivity contribution in [1.82, 2.24) is 5.32 Å². The molecule has 6 nitrogen and oxygen atoms in total. The number of fused-ring (bicyclic) bond motifs is 1. The lowest BCUT2D eigenvalue weighted by molar-refractivity contribution is -0.158. The summed E-state index contributed by atoms with van der Waals surface area (Å²) in [6, 6.07) is 5.66. The fourth-order valence-electron chi connectivity index (χ4n) is 3.38. The summed E-state index contributed by atoms with van der Waals surface area (Å²) in [4.78, 5) is 12.2. The number of methoxy groups -OCH3 is 2. The lowest BCUT2D eigenvalue weighted by atomic mass is 9.89. The quantitative estimate of drug-likeness (QED) is 0.827. The smallest absolute Gasteiger partial charge is 0.244 e. The molecule has 0 bridgehead atoms. The summed E-state index contributed by atoms with van der Waals surface area (Å²) in [5, 5.41) is 3.06. The van der Waals surface area contributed by atoms with Gasteiger partial charge in [-0.05, 0) is 43.0 Å². The predicted octanol–water partition coefficient (Wildman–Crippen LogP) is 2.17. The van der Waals surface area contributed by atoms with Crippen molar-refractivity contribution >= 4 is 12.0 Å². The Kier molecular flexibility index (Phi) is 5.94. The van der Waals surface area contributed by atoms with E-state index < -0.39 is 0 Å². The van der Waals surface area contributed by atoms with E-state index in [1.807, 2.05) is 18.2 Å². The molecule has 0 radical (unpaired) electrons. The number of ether oxygens (including phenoxy) is 4. The molecule has 1 aromatic carbocycles. The van der Waals surface area contributed by atoms with Gasteiger partial charge in [0.05, 0.1) is 39.6 Å². The van der Waals surface area contributed by atoms with E-state index in [2.05, 4.69) is 5.32 Å². The number of benzene rings is 1. The van der Waals surface area contributed by atoms with Crippen molar-refractivity contribution in [2.24, 2.45) is 0 Å². The van der Waals surface area contributed by atoms with Crippen LogP contribution in [0.25, 0.3) is 6.08 Å². The molecule has 0 spiro atoms.